The molecule has 2 aromatic rings. The lowest BCUT2D eigenvalue weighted by Gasteiger charge is -2.37. The number of hydrogen-bond acceptors (Lipinski definition) is 3. The van der Waals surface area contributed by atoms with Crippen LogP contribution in [0.4, 0.5) is 4.79 Å². The van der Waals surface area contributed by atoms with E-state index >= 15 is 0 Å². The molecule has 0 aromatic heterocycles. The van der Waals surface area contributed by atoms with E-state index in [1.807, 2.05) is 152 Å². The third-order valence-corrected chi connectivity index (χ3v) is 4.69. The second-order valence-electron chi connectivity index (χ2n) is 8.89. The second kappa shape index (κ2) is 37.8. The number of ether oxygens (including phenoxy) is 1. The monoisotopic (exact) mass is 611 g/mol. The molecule has 2 heterocycles. The zero-order chi connectivity index (χ0) is 35.4. The minimum Gasteiger partial charge on any atom is -0.444 e. The Kier molecular flexibility index (Phi) is 43.3. The Hall–Kier alpha value is -3.21. The van der Waals surface area contributed by atoms with Gasteiger partial charge in [0.1, 0.15) is 5.60 Å². The van der Waals surface area contributed by atoms with E-state index in [2.05, 4.69) is 42.1 Å². The highest BCUT2D eigenvalue weighted by Gasteiger charge is 2.32. The van der Waals surface area contributed by atoms with E-state index in [0.29, 0.717) is 19.0 Å². The first-order chi connectivity index (χ1) is 21.3. The molecule has 2 fully saturated rings. The molecule has 0 bridgehead atoms. The van der Waals surface area contributed by atoms with Gasteiger partial charge in [-0.25, -0.2) is 4.79 Å². The number of terminal acetylenes is 1. The van der Waals surface area contributed by atoms with E-state index in [1.54, 1.807) is 4.90 Å². The zero-order valence-electron chi connectivity index (χ0n) is 31.6. The molecule has 1 N–H and O–H groups in total. The lowest BCUT2D eigenvalue weighted by Crippen LogP contribution is -2.51. The second-order valence-corrected chi connectivity index (χ2v) is 8.89. The van der Waals surface area contributed by atoms with Gasteiger partial charge in [-0.2, -0.15) is 0 Å². The Bertz CT molecular complexity index is 923. The van der Waals surface area contributed by atoms with Crippen LogP contribution in [0, 0.1) is 42.9 Å². The van der Waals surface area contributed by atoms with Crippen molar-refractivity contribution in [2.75, 3.05) is 26.2 Å². The van der Waals surface area contributed by atoms with Gasteiger partial charge < -0.3 is 15.0 Å². The summed E-state index contributed by atoms with van der Waals surface area (Å²) in [5.41, 5.74) is 2.02. The number of nitrogens with zero attached hydrogens (tertiary/aromatic N) is 1. The van der Waals surface area contributed by atoms with Gasteiger partial charge in [-0.3, -0.25) is 0 Å². The molecule has 252 valence electrons. The maximum atomic E-state index is 11.3. The Labute approximate surface area is 275 Å². The van der Waals surface area contributed by atoms with Crippen molar-refractivity contribution in [3.8, 4) is 24.2 Å². The highest BCUT2D eigenvalue weighted by atomic mass is 16.6. The standard InChI is InChI=1S/C11H11N.C10H15NO2.C7H8.6C2H6/c1-2-4-10(5-3-1)6-7-11-8-12-9-11;1-5-8-6-11(7-8)9(12)13-10(2,3)4;1-7-5-3-2-4-6-7;6*1-2/h1-5,11-12H,8-9H2;1,8H,6-7H2,2-4H3;2-6H,1H3;6*1-2H3. The van der Waals surface area contributed by atoms with Crippen LogP contribution >= 0.6 is 0 Å². The SMILES string of the molecule is C#CC1CN(C(=O)OC(C)(C)C)C1.C(#CC1CNC1)c1ccccc1.CC.CC.CC.CC.CC.CC.Cc1ccccc1. The molecule has 0 unspecified atom stereocenters. The summed E-state index contributed by atoms with van der Waals surface area (Å²) in [4.78, 5) is 13.0. The first-order valence-corrected chi connectivity index (χ1v) is 17.0. The third kappa shape index (κ3) is 30.3. The van der Waals surface area contributed by atoms with Crippen molar-refractivity contribution in [2.24, 2.45) is 11.8 Å². The van der Waals surface area contributed by atoms with Crippen LogP contribution in [-0.2, 0) is 4.74 Å². The molecular formula is C40H70N2O2. The number of amides is 1. The normalized spacial score (nSPS) is 11.8. The van der Waals surface area contributed by atoms with Crippen LogP contribution in [0.1, 0.15) is 115 Å². The van der Waals surface area contributed by atoms with Crippen molar-refractivity contribution in [3.05, 3.63) is 71.8 Å². The summed E-state index contributed by atoms with van der Waals surface area (Å²) in [5.74, 6) is 9.77. The lowest BCUT2D eigenvalue weighted by molar-refractivity contribution is 0.00593. The van der Waals surface area contributed by atoms with Crippen molar-refractivity contribution in [3.63, 3.8) is 0 Å². The Morgan fingerprint density at radius 1 is 0.750 bits per heavy atom. The molecule has 44 heavy (non-hydrogen) atoms. The number of carbonyl (C=O) groups excluding carboxylic acids is 1. The summed E-state index contributed by atoms with van der Waals surface area (Å²) in [6.07, 6.45) is 4.93. The fourth-order valence-corrected chi connectivity index (χ4v) is 2.69. The average Bonchev–Trinajstić information content (AvgIpc) is 3.03. The van der Waals surface area contributed by atoms with Crippen LogP contribution in [-0.4, -0.2) is 42.8 Å². The summed E-state index contributed by atoms with van der Waals surface area (Å²) in [6, 6.07) is 20.4. The highest BCUT2D eigenvalue weighted by Crippen LogP contribution is 2.18. The van der Waals surface area contributed by atoms with E-state index in [0.717, 1.165) is 18.7 Å². The average molecular weight is 611 g/mol. The molecule has 0 radical (unpaired) electrons. The Morgan fingerprint density at radius 2 is 1.16 bits per heavy atom. The van der Waals surface area contributed by atoms with Crippen LogP contribution in [0.2, 0.25) is 0 Å². The first kappa shape index (κ1) is 50.4. The van der Waals surface area contributed by atoms with Crippen LogP contribution in [0.3, 0.4) is 0 Å². The van der Waals surface area contributed by atoms with Crippen LogP contribution < -0.4 is 5.32 Å². The van der Waals surface area contributed by atoms with Crippen LogP contribution in [0.25, 0.3) is 0 Å². The van der Waals surface area contributed by atoms with E-state index in [1.165, 1.54) is 5.56 Å². The van der Waals surface area contributed by atoms with Gasteiger partial charge in [-0.15, -0.1) is 6.42 Å². The topological polar surface area (TPSA) is 41.6 Å². The van der Waals surface area contributed by atoms with E-state index in [9.17, 15) is 4.79 Å². The van der Waals surface area contributed by atoms with Crippen molar-refractivity contribution in [2.45, 2.75) is 116 Å². The first-order valence-electron chi connectivity index (χ1n) is 17.0. The van der Waals surface area contributed by atoms with Gasteiger partial charge in [0, 0.05) is 37.7 Å². The lowest BCUT2D eigenvalue weighted by atomic mass is 10.0. The number of rotatable bonds is 0. The van der Waals surface area contributed by atoms with Gasteiger partial charge in [0.05, 0.1) is 5.92 Å². The van der Waals surface area contributed by atoms with Gasteiger partial charge in [0.25, 0.3) is 0 Å². The fraction of sp³-hybridized carbons (Fsp3) is 0.575. The van der Waals surface area contributed by atoms with E-state index < -0.39 is 5.60 Å². The molecule has 0 saturated carbocycles. The predicted octanol–water partition coefficient (Wildman–Crippen LogP) is 10.9. The maximum absolute atomic E-state index is 11.3. The third-order valence-electron chi connectivity index (χ3n) is 4.69. The van der Waals surface area contributed by atoms with Crippen LogP contribution in [0.5, 0.6) is 0 Å². The number of nitrogens with one attached hydrogen (secondary N) is 1. The van der Waals surface area contributed by atoms with E-state index in [-0.39, 0.29) is 12.0 Å². The van der Waals surface area contributed by atoms with Crippen molar-refractivity contribution in [1.82, 2.24) is 10.2 Å². The summed E-state index contributed by atoms with van der Waals surface area (Å²) in [6.45, 7) is 35.0. The fourth-order valence-electron chi connectivity index (χ4n) is 2.69. The van der Waals surface area contributed by atoms with Crippen molar-refractivity contribution < 1.29 is 9.53 Å². The summed E-state index contributed by atoms with van der Waals surface area (Å²) in [5, 5.41) is 3.19. The summed E-state index contributed by atoms with van der Waals surface area (Å²) in [7, 11) is 0. The number of carbonyl (C=O) groups is 1. The smallest absolute Gasteiger partial charge is 0.410 e. The molecule has 2 saturated heterocycles. The molecule has 2 aromatic carbocycles. The van der Waals surface area contributed by atoms with E-state index in [4.69, 9.17) is 11.2 Å². The molecule has 4 nitrogen and oxygen atoms in total. The van der Waals surface area contributed by atoms with Gasteiger partial charge in [0.2, 0.25) is 0 Å². The quantitative estimate of drug-likeness (QED) is 0.302. The molecule has 4 heteroatoms. The minimum absolute atomic E-state index is 0.215. The van der Waals surface area contributed by atoms with Gasteiger partial charge in [-0.05, 0) is 39.8 Å². The van der Waals surface area contributed by atoms with Crippen molar-refractivity contribution in [1.29, 1.82) is 0 Å². The zero-order valence-corrected chi connectivity index (χ0v) is 31.6. The number of likely N-dealkylation sites (tertiary alicyclic amines) is 1. The van der Waals surface area contributed by atoms with Gasteiger partial charge in [0.15, 0.2) is 0 Å². The molecule has 0 spiro atoms. The molecule has 4 rings (SSSR count). The molecule has 0 aliphatic carbocycles. The largest absolute Gasteiger partial charge is 0.444 e. The molecule has 0 atom stereocenters. The number of aryl methyl sites for hydroxylation is 1. The molecular weight excluding hydrogens is 540 g/mol. The summed E-state index contributed by atoms with van der Waals surface area (Å²) >= 11 is 0. The summed E-state index contributed by atoms with van der Waals surface area (Å²) < 4.78 is 5.15. The van der Waals surface area contributed by atoms with Gasteiger partial charge in [-0.1, -0.05) is 155 Å². The van der Waals surface area contributed by atoms with Gasteiger partial charge >= 0.3 is 6.09 Å². The number of benzene rings is 2. The number of hydrogen-bond donors (Lipinski definition) is 1. The van der Waals surface area contributed by atoms with Crippen LogP contribution in [0.15, 0.2) is 60.7 Å². The highest BCUT2D eigenvalue weighted by molar-refractivity contribution is 5.69. The predicted molar refractivity (Wildman–Crippen MR) is 199 cm³/mol. The Morgan fingerprint density at radius 3 is 1.45 bits per heavy atom. The van der Waals surface area contributed by atoms with Crippen molar-refractivity contribution >= 4 is 6.09 Å². The minimum atomic E-state index is -0.418. The molecule has 1 amide bonds. The maximum Gasteiger partial charge on any atom is 0.410 e. The molecule has 2 aliphatic rings. The molecule has 2 aliphatic heterocycles. The Balaban J connectivity index is -0.000000150.